The molecule has 26 heavy (non-hydrogen) atoms. The van der Waals surface area contributed by atoms with Crippen LogP contribution < -0.4 is 10.6 Å². The van der Waals surface area contributed by atoms with Gasteiger partial charge in [-0.25, -0.2) is 4.98 Å². The molecule has 0 bridgehead atoms. The standard InChI is InChI=1S/C20H27ClN4O/c1-19(2,3)16-11-23-17(26-16)12-24-18(22-4)25-13-20(8-9-20)14-6-5-7-15(21)10-14/h5-7,10-11H,8-9,12-13H2,1-4H3,(H2,22,24,25). The minimum absolute atomic E-state index is 0.0412. The van der Waals surface area contributed by atoms with Crippen LogP contribution in [0.25, 0.3) is 0 Å². The zero-order valence-electron chi connectivity index (χ0n) is 15.9. The molecule has 1 aliphatic carbocycles. The number of halogens is 1. The molecule has 2 N–H and O–H groups in total. The lowest BCUT2D eigenvalue weighted by molar-refractivity contribution is 0.379. The molecule has 0 aliphatic heterocycles. The molecule has 0 spiro atoms. The number of aliphatic imine (C=N–C) groups is 1. The molecule has 5 nitrogen and oxygen atoms in total. The van der Waals surface area contributed by atoms with Gasteiger partial charge in [0.2, 0.25) is 5.89 Å². The summed E-state index contributed by atoms with van der Waals surface area (Å²) in [5.74, 6) is 2.29. The van der Waals surface area contributed by atoms with E-state index in [0.717, 1.165) is 36.1 Å². The van der Waals surface area contributed by atoms with Gasteiger partial charge in [0.25, 0.3) is 0 Å². The number of nitrogens with one attached hydrogen (secondary N) is 2. The van der Waals surface area contributed by atoms with Gasteiger partial charge in [-0.05, 0) is 30.5 Å². The molecule has 1 aromatic carbocycles. The van der Waals surface area contributed by atoms with Crippen molar-refractivity contribution in [3.63, 3.8) is 0 Å². The highest BCUT2D eigenvalue weighted by atomic mass is 35.5. The van der Waals surface area contributed by atoms with Crippen LogP contribution in [0.5, 0.6) is 0 Å². The first-order valence-electron chi connectivity index (χ1n) is 8.98. The quantitative estimate of drug-likeness (QED) is 0.612. The Hall–Kier alpha value is -2.01. The van der Waals surface area contributed by atoms with Gasteiger partial charge in [0.1, 0.15) is 5.76 Å². The molecule has 6 heteroatoms. The summed E-state index contributed by atoms with van der Waals surface area (Å²) >= 11 is 6.15. The zero-order chi connectivity index (χ0) is 18.8. The molecular formula is C20H27ClN4O. The predicted octanol–water partition coefficient (Wildman–Crippen LogP) is 4.02. The summed E-state index contributed by atoms with van der Waals surface area (Å²) < 4.78 is 5.81. The van der Waals surface area contributed by atoms with E-state index in [1.54, 1.807) is 13.2 Å². The summed E-state index contributed by atoms with van der Waals surface area (Å²) in [5, 5.41) is 7.48. The largest absolute Gasteiger partial charge is 0.443 e. The van der Waals surface area contributed by atoms with Crippen LogP contribution in [0, 0.1) is 0 Å². The van der Waals surface area contributed by atoms with E-state index < -0.39 is 0 Å². The summed E-state index contributed by atoms with van der Waals surface area (Å²) in [6.45, 7) is 7.65. The van der Waals surface area contributed by atoms with E-state index in [2.05, 4.69) is 53.5 Å². The fourth-order valence-corrected chi connectivity index (χ4v) is 3.10. The fourth-order valence-electron chi connectivity index (χ4n) is 2.91. The second kappa shape index (κ2) is 7.31. The summed E-state index contributed by atoms with van der Waals surface area (Å²) in [4.78, 5) is 8.64. The molecular weight excluding hydrogens is 348 g/mol. The third kappa shape index (κ3) is 4.39. The topological polar surface area (TPSA) is 62.5 Å². The number of oxazole rings is 1. The Labute approximate surface area is 160 Å². The molecule has 2 aromatic rings. The number of aromatic nitrogens is 1. The normalized spacial score (nSPS) is 16.4. The predicted molar refractivity (Wildman–Crippen MR) is 106 cm³/mol. The highest BCUT2D eigenvalue weighted by Crippen LogP contribution is 2.48. The summed E-state index contributed by atoms with van der Waals surface area (Å²) in [6.07, 6.45) is 4.11. The van der Waals surface area contributed by atoms with E-state index >= 15 is 0 Å². The van der Waals surface area contributed by atoms with E-state index in [9.17, 15) is 0 Å². The first-order valence-corrected chi connectivity index (χ1v) is 9.36. The molecule has 0 atom stereocenters. The Kier molecular flexibility index (Phi) is 5.28. The number of hydrogen-bond donors (Lipinski definition) is 2. The van der Waals surface area contributed by atoms with Crippen LogP contribution in [0.15, 0.2) is 39.9 Å². The molecule has 3 rings (SSSR count). The van der Waals surface area contributed by atoms with Gasteiger partial charge in [-0.15, -0.1) is 0 Å². The van der Waals surface area contributed by atoms with Gasteiger partial charge in [-0.2, -0.15) is 0 Å². The molecule has 1 aromatic heterocycles. The van der Waals surface area contributed by atoms with Crippen LogP contribution in [0.2, 0.25) is 5.02 Å². The van der Waals surface area contributed by atoms with E-state index in [1.807, 2.05) is 12.1 Å². The summed E-state index contributed by atoms with van der Waals surface area (Å²) in [5.41, 5.74) is 1.40. The Morgan fingerprint density at radius 3 is 2.65 bits per heavy atom. The van der Waals surface area contributed by atoms with Gasteiger partial charge in [-0.1, -0.05) is 44.5 Å². The first kappa shape index (κ1) is 18.8. The van der Waals surface area contributed by atoms with Crippen LogP contribution in [0.3, 0.4) is 0 Å². The Bertz CT molecular complexity index is 787. The van der Waals surface area contributed by atoms with Crippen molar-refractivity contribution in [3.05, 3.63) is 52.7 Å². The number of rotatable bonds is 5. The maximum Gasteiger partial charge on any atom is 0.213 e. The number of nitrogens with zero attached hydrogens (tertiary/aromatic N) is 2. The second-order valence-corrected chi connectivity index (χ2v) is 8.37. The lowest BCUT2D eigenvalue weighted by Crippen LogP contribution is -2.40. The molecule has 0 radical (unpaired) electrons. The second-order valence-electron chi connectivity index (χ2n) is 7.94. The van der Waals surface area contributed by atoms with E-state index in [4.69, 9.17) is 16.0 Å². The van der Waals surface area contributed by atoms with Gasteiger partial charge in [0.15, 0.2) is 5.96 Å². The maximum absolute atomic E-state index is 6.15. The zero-order valence-corrected chi connectivity index (χ0v) is 16.7. The highest BCUT2D eigenvalue weighted by molar-refractivity contribution is 6.30. The minimum atomic E-state index is -0.0412. The number of benzene rings is 1. The van der Waals surface area contributed by atoms with E-state index in [1.165, 1.54) is 5.56 Å². The number of guanidine groups is 1. The van der Waals surface area contributed by atoms with Gasteiger partial charge < -0.3 is 15.1 Å². The Morgan fingerprint density at radius 1 is 1.31 bits per heavy atom. The van der Waals surface area contributed by atoms with Crippen LogP contribution >= 0.6 is 11.6 Å². The van der Waals surface area contributed by atoms with Crippen molar-refractivity contribution in [2.45, 2.75) is 51.0 Å². The maximum atomic E-state index is 6.15. The molecule has 0 amide bonds. The smallest absolute Gasteiger partial charge is 0.213 e. The average molecular weight is 375 g/mol. The average Bonchev–Trinajstić information content (AvgIpc) is 3.22. The first-order chi connectivity index (χ1) is 12.3. The van der Waals surface area contributed by atoms with Gasteiger partial charge in [0, 0.05) is 29.4 Å². The Balaban J connectivity index is 1.55. The van der Waals surface area contributed by atoms with Crippen molar-refractivity contribution in [1.82, 2.24) is 15.6 Å². The molecule has 1 fully saturated rings. The monoisotopic (exact) mass is 374 g/mol. The highest BCUT2D eigenvalue weighted by Gasteiger charge is 2.44. The van der Waals surface area contributed by atoms with Crippen LogP contribution in [-0.2, 0) is 17.4 Å². The molecule has 1 aliphatic rings. The van der Waals surface area contributed by atoms with Gasteiger partial charge in [0.05, 0.1) is 12.7 Å². The van der Waals surface area contributed by atoms with Crippen molar-refractivity contribution in [1.29, 1.82) is 0 Å². The lowest BCUT2D eigenvalue weighted by Gasteiger charge is -2.19. The van der Waals surface area contributed by atoms with E-state index in [-0.39, 0.29) is 10.8 Å². The third-order valence-corrected chi connectivity index (χ3v) is 5.04. The van der Waals surface area contributed by atoms with Crippen LogP contribution in [0.1, 0.15) is 50.8 Å². The van der Waals surface area contributed by atoms with Crippen LogP contribution in [0.4, 0.5) is 0 Å². The molecule has 1 saturated carbocycles. The summed E-state index contributed by atoms with van der Waals surface area (Å²) in [7, 11) is 1.77. The van der Waals surface area contributed by atoms with E-state index in [0.29, 0.717) is 12.4 Å². The minimum Gasteiger partial charge on any atom is -0.443 e. The lowest BCUT2D eigenvalue weighted by atomic mass is 9.94. The molecule has 0 saturated heterocycles. The Morgan fingerprint density at radius 2 is 2.08 bits per heavy atom. The molecule has 0 unspecified atom stereocenters. The van der Waals surface area contributed by atoms with Crippen molar-refractivity contribution in [2.75, 3.05) is 13.6 Å². The van der Waals surface area contributed by atoms with Crippen molar-refractivity contribution < 1.29 is 4.42 Å². The van der Waals surface area contributed by atoms with Crippen molar-refractivity contribution in [3.8, 4) is 0 Å². The number of hydrogen-bond acceptors (Lipinski definition) is 3. The molecule has 1 heterocycles. The molecule has 140 valence electrons. The van der Waals surface area contributed by atoms with Crippen molar-refractivity contribution in [2.24, 2.45) is 4.99 Å². The SMILES string of the molecule is CN=C(NCc1ncc(C(C)(C)C)o1)NCC1(c2cccc(Cl)c2)CC1. The van der Waals surface area contributed by atoms with Gasteiger partial charge >= 0.3 is 0 Å². The van der Waals surface area contributed by atoms with Crippen molar-refractivity contribution >= 4 is 17.6 Å². The van der Waals surface area contributed by atoms with Gasteiger partial charge in [-0.3, -0.25) is 4.99 Å². The van der Waals surface area contributed by atoms with Crippen LogP contribution in [-0.4, -0.2) is 24.5 Å². The third-order valence-electron chi connectivity index (χ3n) is 4.81. The fraction of sp³-hybridized carbons (Fsp3) is 0.500. The summed E-state index contributed by atoms with van der Waals surface area (Å²) in [6, 6.07) is 8.14.